The van der Waals surface area contributed by atoms with E-state index in [4.69, 9.17) is 23.2 Å². The quantitative estimate of drug-likeness (QED) is 0.591. The molecule has 2 saturated heterocycles. The van der Waals surface area contributed by atoms with Gasteiger partial charge in [0.05, 0.1) is 11.2 Å². The van der Waals surface area contributed by atoms with Crippen LogP contribution in [0.25, 0.3) is 11.0 Å². The van der Waals surface area contributed by atoms with Crippen LogP contribution in [0, 0.1) is 23.2 Å². The maximum absolute atomic E-state index is 12.8. The van der Waals surface area contributed by atoms with Crippen molar-refractivity contribution in [3.05, 3.63) is 62.0 Å². The smallest absolute Gasteiger partial charge is 0.270 e. The van der Waals surface area contributed by atoms with E-state index in [9.17, 15) is 15.2 Å². The number of phenolic OH excluding ortho intramolecular Hbond substituents is 1. The molecule has 164 valence electrons. The second kappa shape index (κ2) is 7.96. The van der Waals surface area contributed by atoms with E-state index in [0.717, 1.165) is 31.7 Å². The minimum Gasteiger partial charge on any atom is -0.508 e. The summed E-state index contributed by atoms with van der Waals surface area (Å²) in [4.78, 5) is 21.8. The van der Waals surface area contributed by atoms with Gasteiger partial charge >= 0.3 is 0 Å². The number of hydrogen-bond donors (Lipinski definition) is 1. The second-order valence-corrected chi connectivity index (χ2v) is 9.42. The predicted octanol–water partition coefficient (Wildman–Crippen LogP) is 3.39. The molecule has 2 atom stereocenters. The molecule has 0 bridgehead atoms. The van der Waals surface area contributed by atoms with Gasteiger partial charge in [-0.05, 0) is 36.1 Å². The van der Waals surface area contributed by atoms with Gasteiger partial charge in [0, 0.05) is 50.4 Å². The largest absolute Gasteiger partial charge is 0.508 e. The third-order valence-corrected chi connectivity index (χ3v) is 7.06. The van der Waals surface area contributed by atoms with Crippen LogP contribution in [0.5, 0.6) is 5.75 Å². The lowest BCUT2D eigenvalue weighted by Gasteiger charge is -2.25. The Hall–Kier alpha value is -2.79. The van der Waals surface area contributed by atoms with Crippen molar-refractivity contribution in [3.63, 3.8) is 0 Å². The lowest BCUT2D eigenvalue weighted by Crippen LogP contribution is -2.32. The van der Waals surface area contributed by atoms with E-state index in [1.807, 2.05) is 6.07 Å². The highest BCUT2D eigenvalue weighted by atomic mass is 35.5. The van der Waals surface area contributed by atoms with Crippen LogP contribution in [0.3, 0.4) is 0 Å². The highest BCUT2D eigenvalue weighted by Gasteiger charge is 2.41. The van der Waals surface area contributed by atoms with Crippen molar-refractivity contribution in [1.82, 2.24) is 14.5 Å². The number of benzene rings is 1. The maximum atomic E-state index is 12.8. The molecule has 5 rings (SSSR count). The normalized spacial score (nSPS) is 20.6. The third-order valence-electron chi connectivity index (χ3n) is 6.61. The fraction of sp³-hybridized carbons (Fsp3) is 0.348. The Morgan fingerprint density at radius 1 is 1.16 bits per heavy atom. The molecule has 2 aromatic heterocycles. The molecule has 4 heterocycles. The van der Waals surface area contributed by atoms with Gasteiger partial charge < -0.3 is 14.6 Å². The topological polar surface area (TPSA) is 85.4 Å². The average Bonchev–Trinajstić information content (AvgIpc) is 3.31. The number of likely N-dealkylation sites (tertiary alicyclic amines) is 1. The Morgan fingerprint density at radius 3 is 2.53 bits per heavy atom. The molecule has 7 nitrogen and oxygen atoms in total. The number of aryl methyl sites for hydroxylation is 1. The molecule has 32 heavy (non-hydrogen) atoms. The van der Waals surface area contributed by atoms with Gasteiger partial charge in [-0.1, -0.05) is 29.3 Å². The van der Waals surface area contributed by atoms with Crippen molar-refractivity contribution in [2.45, 2.75) is 6.54 Å². The molecule has 0 spiro atoms. The zero-order valence-corrected chi connectivity index (χ0v) is 18.9. The molecular formula is C23H21Cl2N5O2. The van der Waals surface area contributed by atoms with Gasteiger partial charge in [-0.25, -0.2) is 4.98 Å². The van der Waals surface area contributed by atoms with Gasteiger partial charge in [-0.15, -0.1) is 0 Å². The van der Waals surface area contributed by atoms with Crippen molar-refractivity contribution < 1.29 is 5.11 Å². The highest BCUT2D eigenvalue weighted by molar-refractivity contribution is 6.30. The molecule has 0 radical (unpaired) electrons. The van der Waals surface area contributed by atoms with Crippen molar-refractivity contribution in [2.24, 2.45) is 18.9 Å². The van der Waals surface area contributed by atoms with Crippen LogP contribution in [0.15, 0.2) is 35.1 Å². The van der Waals surface area contributed by atoms with E-state index in [0.29, 0.717) is 45.3 Å². The van der Waals surface area contributed by atoms with Crippen molar-refractivity contribution in [1.29, 1.82) is 5.26 Å². The predicted molar refractivity (Wildman–Crippen MR) is 124 cm³/mol. The SMILES string of the molecule is Cn1c(=O)c(C#N)c(N2CC3CN(Cc4ccc(Cl)cc4O)CC3C2)c2nc(Cl)ccc21. The number of fused-ring (bicyclic) bond motifs is 2. The number of phenols is 1. The van der Waals surface area contributed by atoms with Crippen LogP contribution in [0.2, 0.25) is 10.2 Å². The molecule has 9 heteroatoms. The Morgan fingerprint density at radius 2 is 1.88 bits per heavy atom. The fourth-order valence-corrected chi connectivity index (χ4v) is 5.41. The molecule has 1 aromatic carbocycles. The standard InChI is InChI=1S/C23H21Cl2N5O2/c1-28-18-4-5-20(25)27-21(18)22(17(7-26)23(28)32)30-11-14-9-29(10-15(14)12-30)8-13-2-3-16(24)6-19(13)31/h2-6,14-15,31H,8-12H2,1H3. The maximum Gasteiger partial charge on any atom is 0.270 e. The number of rotatable bonds is 3. The zero-order chi connectivity index (χ0) is 22.6. The summed E-state index contributed by atoms with van der Waals surface area (Å²) >= 11 is 12.1. The van der Waals surface area contributed by atoms with E-state index in [-0.39, 0.29) is 16.9 Å². The molecule has 0 amide bonds. The van der Waals surface area contributed by atoms with Crippen molar-refractivity contribution >= 4 is 39.9 Å². The van der Waals surface area contributed by atoms with Gasteiger partial charge in [0.1, 0.15) is 28.1 Å². The molecule has 2 unspecified atom stereocenters. The number of nitrogens with zero attached hydrogens (tertiary/aromatic N) is 5. The number of halogens is 2. The number of anilines is 1. The van der Waals surface area contributed by atoms with Gasteiger partial charge in [-0.3, -0.25) is 9.69 Å². The highest BCUT2D eigenvalue weighted by Crippen LogP contribution is 2.38. The minimum atomic E-state index is -0.323. The molecule has 1 N–H and O–H groups in total. The van der Waals surface area contributed by atoms with E-state index >= 15 is 0 Å². The van der Waals surface area contributed by atoms with Crippen LogP contribution < -0.4 is 10.5 Å². The molecule has 2 aliphatic heterocycles. The minimum absolute atomic E-state index is 0.109. The van der Waals surface area contributed by atoms with Gasteiger partial charge in [0.25, 0.3) is 5.56 Å². The van der Waals surface area contributed by atoms with E-state index < -0.39 is 0 Å². The summed E-state index contributed by atoms with van der Waals surface area (Å²) in [7, 11) is 1.65. The molecule has 2 aliphatic rings. The van der Waals surface area contributed by atoms with Crippen LogP contribution in [-0.2, 0) is 13.6 Å². The Labute approximate surface area is 195 Å². The summed E-state index contributed by atoms with van der Waals surface area (Å²) in [5.74, 6) is 1.01. The van der Waals surface area contributed by atoms with Gasteiger partial charge in [0.15, 0.2) is 0 Å². The Balaban J connectivity index is 1.42. The molecule has 0 saturated carbocycles. The third kappa shape index (κ3) is 3.49. The van der Waals surface area contributed by atoms with Crippen LogP contribution in [0.4, 0.5) is 5.69 Å². The lowest BCUT2D eigenvalue weighted by atomic mass is 10.0. The van der Waals surface area contributed by atoms with E-state index in [1.165, 1.54) is 4.57 Å². The fourth-order valence-electron chi connectivity index (χ4n) is 5.09. The first-order valence-electron chi connectivity index (χ1n) is 10.4. The number of aromatic nitrogens is 2. The van der Waals surface area contributed by atoms with Crippen molar-refractivity contribution in [2.75, 3.05) is 31.1 Å². The number of aromatic hydroxyl groups is 1. The molecule has 0 aliphatic carbocycles. The summed E-state index contributed by atoms with van der Waals surface area (Å²) in [6, 6.07) is 10.7. The van der Waals surface area contributed by atoms with Crippen LogP contribution >= 0.6 is 23.2 Å². The molecular weight excluding hydrogens is 449 g/mol. The Bertz CT molecular complexity index is 1320. The number of nitriles is 1. The van der Waals surface area contributed by atoms with E-state index in [1.54, 1.807) is 31.3 Å². The first-order valence-corrected chi connectivity index (χ1v) is 11.2. The van der Waals surface area contributed by atoms with Crippen LogP contribution in [-0.4, -0.2) is 45.7 Å². The zero-order valence-electron chi connectivity index (χ0n) is 17.4. The second-order valence-electron chi connectivity index (χ2n) is 8.59. The first kappa shape index (κ1) is 21.1. The molecule has 3 aromatic rings. The Kier molecular flexibility index (Phi) is 5.25. The number of hydrogen-bond acceptors (Lipinski definition) is 6. The van der Waals surface area contributed by atoms with E-state index in [2.05, 4.69) is 20.9 Å². The average molecular weight is 470 g/mol. The lowest BCUT2D eigenvalue weighted by molar-refractivity contribution is 0.303. The summed E-state index contributed by atoms with van der Waals surface area (Å²) in [5.41, 5.74) is 2.47. The first-order chi connectivity index (χ1) is 15.4. The van der Waals surface area contributed by atoms with Gasteiger partial charge in [-0.2, -0.15) is 5.26 Å². The van der Waals surface area contributed by atoms with Gasteiger partial charge in [0.2, 0.25) is 0 Å². The van der Waals surface area contributed by atoms with Crippen molar-refractivity contribution in [3.8, 4) is 11.8 Å². The summed E-state index contributed by atoms with van der Waals surface area (Å²) in [6.07, 6.45) is 0. The molecule has 2 fully saturated rings. The number of pyridine rings is 2. The summed E-state index contributed by atoms with van der Waals surface area (Å²) < 4.78 is 1.46. The monoisotopic (exact) mass is 469 g/mol. The van der Waals surface area contributed by atoms with Crippen LogP contribution in [0.1, 0.15) is 11.1 Å². The summed E-state index contributed by atoms with van der Waals surface area (Å²) in [5, 5.41) is 20.8. The summed E-state index contributed by atoms with van der Waals surface area (Å²) in [6.45, 7) is 3.88.